The zero-order valence-electron chi connectivity index (χ0n) is 14.0. The van der Waals surface area contributed by atoms with Crippen molar-refractivity contribution >= 4 is 46.6 Å². The lowest BCUT2D eigenvalue weighted by atomic mass is 9.91. The minimum Gasteiger partial charge on any atom is -0.365 e. The fourth-order valence-corrected chi connectivity index (χ4v) is 3.52. The highest BCUT2D eigenvalue weighted by Gasteiger charge is 2.23. The molecule has 0 aliphatic heterocycles. The number of hydrogen-bond donors (Lipinski definition) is 4. The Kier molecular flexibility index (Phi) is 5.80. The van der Waals surface area contributed by atoms with Crippen LogP contribution in [0.4, 0.5) is 17.5 Å². The Bertz CT molecular complexity index is 796. The topological polar surface area (TPSA) is 119 Å². The third-order valence-electron chi connectivity index (χ3n) is 4.31. The summed E-state index contributed by atoms with van der Waals surface area (Å²) < 4.78 is 0. The number of anilines is 3. The lowest BCUT2D eigenvalue weighted by Gasteiger charge is -2.29. The van der Waals surface area contributed by atoms with Gasteiger partial charge in [-0.1, -0.05) is 36.0 Å². The van der Waals surface area contributed by atoms with E-state index in [9.17, 15) is 4.79 Å². The molecule has 1 heterocycles. The first-order valence-electron chi connectivity index (χ1n) is 8.34. The molecule has 3 rings (SSSR count). The van der Waals surface area contributed by atoms with E-state index in [0.717, 1.165) is 25.7 Å². The molecule has 0 saturated heterocycles. The molecule has 1 aromatic heterocycles. The normalized spacial score (nSPS) is 19.8. The summed E-state index contributed by atoms with van der Waals surface area (Å²) in [5.41, 5.74) is 12.3. The minimum atomic E-state index is -0.637. The number of primary amides is 1. The summed E-state index contributed by atoms with van der Waals surface area (Å²) in [5, 5.41) is 7.21. The average molecular weight is 395 g/mol. The molecular formula is C17H20Cl2N6O. The molecule has 0 bridgehead atoms. The Morgan fingerprint density at radius 1 is 1.15 bits per heavy atom. The van der Waals surface area contributed by atoms with Crippen LogP contribution in [0.5, 0.6) is 0 Å². The van der Waals surface area contributed by atoms with E-state index in [1.807, 2.05) is 0 Å². The predicted octanol–water partition coefficient (Wildman–Crippen LogP) is 3.31. The molecule has 2 aromatic rings. The first-order valence-corrected chi connectivity index (χ1v) is 9.10. The molecule has 2 unspecified atom stereocenters. The Labute approximate surface area is 161 Å². The van der Waals surface area contributed by atoms with Gasteiger partial charge >= 0.3 is 0 Å². The van der Waals surface area contributed by atoms with Crippen LogP contribution in [0, 0.1) is 0 Å². The maximum absolute atomic E-state index is 11.7. The SMILES string of the molecule is NC(=O)c1cnc(NC2CCCCC2N)nc1Nc1cc(Cl)cc(Cl)c1. The summed E-state index contributed by atoms with van der Waals surface area (Å²) in [7, 11) is 0. The fourth-order valence-electron chi connectivity index (χ4n) is 2.99. The minimum absolute atomic E-state index is 0.0475. The molecule has 26 heavy (non-hydrogen) atoms. The highest BCUT2D eigenvalue weighted by Crippen LogP contribution is 2.27. The molecule has 6 N–H and O–H groups in total. The van der Waals surface area contributed by atoms with Crippen LogP contribution in [0.3, 0.4) is 0 Å². The van der Waals surface area contributed by atoms with Crippen LogP contribution >= 0.6 is 23.2 Å². The van der Waals surface area contributed by atoms with E-state index in [4.69, 9.17) is 34.7 Å². The average Bonchev–Trinajstić information content (AvgIpc) is 2.56. The van der Waals surface area contributed by atoms with Crippen molar-refractivity contribution in [2.45, 2.75) is 37.8 Å². The van der Waals surface area contributed by atoms with Crippen molar-refractivity contribution in [3.8, 4) is 0 Å². The van der Waals surface area contributed by atoms with Crippen LogP contribution in [-0.4, -0.2) is 28.0 Å². The molecule has 2 atom stereocenters. The van der Waals surface area contributed by atoms with Gasteiger partial charge in [-0.15, -0.1) is 0 Å². The number of carbonyl (C=O) groups is 1. The van der Waals surface area contributed by atoms with Crippen LogP contribution in [0.15, 0.2) is 24.4 Å². The summed E-state index contributed by atoms with van der Waals surface area (Å²) in [6, 6.07) is 5.10. The van der Waals surface area contributed by atoms with Crippen LogP contribution in [0.2, 0.25) is 10.0 Å². The number of benzene rings is 1. The number of carbonyl (C=O) groups excluding carboxylic acids is 1. The second-order valence-corrected chi connectivity index (χ2v) is 7.18. The summed E-state index contributed by atoms with van der Waals surface area (Å²) in [5.74, 6) is 0.0206. The number of nitrogens with two attached hydrogens (primary N) is 2. The van der Waals surface area contributed by atoms with Crippen LogP contribution < -0.4 is 22.1 Å². The van der Waals surface area contributed by atoms with E-state index in [0.29, 0.717) is 21.7 Å². The van der Waals surface area contributed by atoms with Crippen LogP contribution in [0.25, 0.3) is 0 Å². The van der Waals surface area contributed by atoms with Gasteiger partial charge < -0.3 is 22.1 Å². The summed E-state index contributed by atoms with van der Waals surface area (Å²) >= 11 is 12.0. The highest BCUT2D eigenvalue weighted by molar-refractivity contribution is 6.35. The number of rotatable bonds is 5. The van der Waals surface area contributed by atoms with E-state index in [-0.39, 0.29) is 23.5 Å². The summed E-state index contributed by atoms with van der Waals surface area (Å²) in [6.07, 6.45) is 5.54. The standard InChI is InChI=1S/C17H20Cl2N6O/c18-9-5-10(19)7-11(6-9)23-16-12(15(21)26)8-22-17(25-16)24-14-4-2-1-3-13(14)20/h5-8,13-14H,1-4,20H2,(H2,21,26)(H2,22,23,24,25). The predicted molar refractivity (Wildman–Crippen MR) is 104 cm³/mol. The maximum Gasteiger partial charge on any atom is 0.254 e. The van der Waals surface area contributed by atoms with Crippen LogP contribution in [0.1, 0.15) is 36.0 Å². The van der Waals surface area contributed by atoms with Gasteiger partial charge in [0.2, 0.25) is 5.95 Å². The van der Waals surface area contributed by atoms with Gasteiger partial charge in [0.05, 0.1) is 0 Å². The Hall–Kier alpha value is -2.09. The summed E-state index contributed by atoms with van der Waals surface area (Å²) in [6.45, 7) is 0. The first-order chi connectivity index (χ1) is 12.4. The molecule has 1 amide bonds. The molecule has 1 saturated carbocycles. The van der Waals surface area contributed by atoms with E-state index >= 15 is 0 Å². The molecule has 0 radical (unpaired) electrons. The van der Waals surface area contributed by atoms with Crippen molar-refractivity contribution in [3.05, 3.63) is 40.0 Å². The maximum atomic E-state index is 11.7. The number of nitrogens with one attached hydrogen (secondary N) is 2. The van der Waals surface area contributed by atoms with Crippen molar-refractivity contribution in [1.82, 2.24) is 9.97 Å². The smallest absolute Gasteiger partial charge is 0.254 e. The van der Waals surface area contributed by atoms with Crippen molar-refractivity contribution < 1.29 is 4.79 Å². The zero-order chi connectivity index (χ0) is 18.7. The number of hydrogen-bond acceptors (Lipinski definition) is 6. The number of amides is 1. The van der Waals surface area contributed by atoms with Gasteiger partial charge in [-0.2, -0.15) is 4.98 Å². The van der Waals surface area contributed by atoms with Gasteiger partial charge in [0.1, 0.15) is 11.4 Å². The second kappa shape index (κ2) is 8.07. The van der Waals surface area contributed by atoms with E-state index in [1.54, 1.807) is 18.2 Å². The van der Waals surface area contributed by atoms with Crippen LogP contribution in [-0.2, 0) is 0 Å². The fraction of sp³-hybridized carbons (Fsp3) is 0.353. The van der Waals surface area contributed by atoms with Gasteiger partial charge in [0.25, 0.3) is 5.91 Å². The number of halogens is 2. The molecule has 138 valence electrons. The van der Waals surface area contributed by atoms with Gasteiger partial charge in [-0.25, -0.2) is 4.98 Å². The molecule has 9 heteroatoms. The molecule has 0 spiro atoms. The molecule has 1 aromatic carbocycles. The Morgan fingerprint density at radius 3 is 2.50 bits per heavy atom. The van der Waals surface area contributed by atoms with Crippen molar-refractivity contribution in [1.29, 1.82) is 0 Å². The largest absolute Gasteiger partial charge is 0.365 e. The van der Waals surface area contributed by atoms with Gasteiger partial charge in [-0.05, 0) is 31.0 Å². The third kappa shape index (κ3) is 4.55. The molecule has 1 aliphatic rings. The lowest BCUT2D eigenvalue weighted by Crippen LogP contribution is -2.43. The molecule has 1 aliphatic carbocycles. The number of nitrogens with zero attached hydrogens (tertiary/aromatic N) is 2. The van der Waals surface area contributed by atoms with E-state index in [2.05, 4.69) is 20.6 Å². The highest BCUT2D eigenvalue weighted by atomic mass is 35.5. The zero-order valence-corrected chi connectivity index (χ0v) is 15.5. The number of aromatic nitrogens is 2. The second-order valence-electron chi connectivity index (χ2n) is 6.30. The molecule has 7 nitrogen and oxygen atoms in total. The van der Waals surface area contributed by atoms with Gasteiger partial charge in [0, 0.05) is 34.0 Å². The molecule has 1 fully saturated rings. The van der Waals surface area contributed by atoms with Crippen molar-refractivity contribution in [2.75, 3.05) is 10.6 Å². The van der Waals surface area contributed by atoms with Crippen molar-refractivity contribution in [2.24, 2.45) is 11.5 Å². The third-order valence-corrected chi connectivity index (χ3v) is 4.75. The van der Waals surface area contributed by atoms with Gasteiger partial charge in [0.15, 0.2) is 0 Å². The summed E-state index contributed by atoms with van der Waals surface area (Å²) in [4.78, 5) is 20.3. The quantitative estimate of drug-likeness (QED) is 0.617. The van der Waals surface area contributed by atoms with E-state index < -0.39 is 5.91 Å². The van der Waals surface area contributed by atoms with Gasteiger partial charge in [-0.3, -0.25) is 4.79 Å². The molecular weight excluding hydrogens is 375 g/mol. The van der Waals surface area contributed by atoms with E-state index in [1.165, 1.54) is 6.20 Å². The lowest BCUT2D eigenvalue weighted by molar-refractivity contribution is 0.100. The Morgan fingerprint density at radius 2 is 1.85 bits per heavy atom. The first kappa shape index (κ1) is 18.7. The monoisotopic (exact) mass is 394 g/mol. The van der Waals surface area contributed by atoms with Crippen molar-refractivity contribution in [3.63, 3.8) is 0 Å². The Balaban J connectivity index is 1.87.